The van der Waals surface area contributed by atoms with Crippen LogP contribution in [0.2, 0.25) is 10.0 Å². The zero-order valence-electron chi connectivity index (χ0n) is 21.3. The lowest BCUT2D eigenvalue weighted by Crippen LogP contribution is -2.12. The monoisotopic (exact) mass is 578 g/mol. The van der Waals surface area contributed by atoms with E-state index >= 15 is 4.39 Å². The maximum atomic E-state index is 15.5. The normalized spacial score (nSPS) is 12.4. The molecule has 202 valence electrons. The Morgan fingerprint density at radius 2 is 1.92 bits per heavy atom. The van der Waals surface area contributed by atoms with Gasteiger partial charge >= 0.3 is 5.97 Å². The van der Waals surface area contributed by atoms with Crippen LogP contribution in [-0.2, 0) is 9.53 Å². The van der Waals surface area contributed by atoms with Crippen molar-refractivity contribution >= 4 is 57.6 Å². The van der Waals surface area contributed by atoms with Gasteiger partial charge in [0.05, 0.1) is 21.8 Å². The first-order valence-electron chi connectivity index (χ1n) is 12.2. The van der Waals surface area contributed by atoms with Crippen LogP contribution < -0.4 is 5.32 Å². The molecule has 2 aromatic carbocycles. The number of unbranched alkanes of at least 4 members (excludes halogenated alkanes) is 2. The molecule has 10 heteroatoms. The Hall–Kier alpha value is -2.78. The van der Waals surface area contributed by atoms with Crippen molar-refractivity contribution in [2.24, 2.45) is 0 Å². The third-order valence-corrected chi connectivity index (χ3v) is 7.24. The highest BCUT2D eigenvalue weighted by atomic mass is 35.5. The summed E-state index contributed by atoms with van der Waals surface area (Å²) in [5.41, 5.74) is 1.72. The lowest BCUT2D eigenvalue weighted by molar-refractivity contribution is -0.132. The third kappa shape index (κ3) is 7.41. The van der Waals surface area contributed by atoms with Gasteiger partial charge in [0.2, 0.25) is 0 Å². The molecule has 0 spiro atoms. The van der Waals surface area contributed by atoms with Gasteiger partial charge in [-0.15, -0.1) is 11.3 Å². The van der Waals surface area contributed by atoms with Gasteiger partial charge < -0.3 is 9.84 Å². The molecule has 1 unspecified atom stereocenters. The molecule has 3 rings (SSSR count). The average molecular weight is 580 g/mol. The van der Waals surface area contributed by atoms with E-state index in [1.807, 2.05) is 6.92 Å². The van der Waals surface area contributed by atoms with E-state index in [0.717, 1.165) is 30.6 Å². The van der Waals surface area contributed by atoms with Crippen LogP contribution in [0.15, 0.2) is 41.3 Å². The highest BCUT2D eigenvalue weighted by molar-refractivity contribution is 7.14. The standard InChI is InChI=1S/C28H29Cl2FN2O4S/c1-4-6-7-11-37-24(5-2)19-10-8-9-18(25(19)31)23-15-38-28(32-23)33-26(34)17-13-21(29)20(22(30)14-17)12-16(3)27(35)36/h8-10,12-15,24H,4-7,11H2,1-3H3,(H,35,36)(H,32,33,34). The number of amides is 1. The number of aromatic nitrogens is 1. The van der Waals surface area contributed by atoms with Gasteiger partial charge in [0, 0.05) is 39.8 Å². The van der Waals surface area contributed by atoms with Gasteiger partial charge in [0.15, 0.2) is 5.13 Å². The smallest absolute Gasteiger partial charge is 0.331 e. The van der Waals surface area contributed by atoms with Crippen molar-refractivity contribution in [1.29, 1.82) is 0 Å². The fourth-order valence-electron chi connectivity index (χ4n) is 3.76. The van der Waals surface area contributed by atoms with Crippen molar-refractivity contribution < 1.29 is 23.8 Å². The largest absolute Gasteiger partial charge is 0.478 e. The van der Waals surface area contributed by atoms with Crippen LogP contribution in [0.4, 0.5) is 9.52 Å². The molecule has 1 heterocycles. The summed E-state index contributed by atoms with van der Waals surface area (Å²) in [5.74, 6) is -2.01. The predicted molar refractivity (Wildman–Crippen MR) is 152 cm³/mol. The van der Waals surface area contributed by atoms with Gasteiger partial charge in [-0.05, 0) is 44.0 Å². The molecule has 38 heavy (non-hydrogen) atoms. The van der Waals surface area contributed by atoms with Crippen LogP contribution >= 0.6 is 34.5 Å². The van der Waals surface area contributed by atoms with Crippen LogP contribution in [0.5, 0.6) is 0 Å². The van der Waals surface area contributed by atoms with Crippen LogP contribution in [0.1, 0.15) is 74.0 Å². The Bertz CT molecular complexity index is 1320. The number of ether oxygens (including phenoxy) is 1. The van der Waals surface area contributed by atoms with Crippen LogP contribution in [0.25, 0.3) is 17.3 Å². The molecule has 0 bridgehead atoms. The molecule has 0 radical (unpaired) electrons. The molecule has 3 aromatic rings. The maximum Gasteiger partial charge on any atom is 0.331 e. The Morgan fingerprint density at radius 3 is 2.55 bits per heavy atom. The predicted octanol–water partition coefficient (Wildman–Crippen LogP) is 8.65. The molecule has 1 aromatic heterocycles. The average Bonchev–Trinajstić information content (AvgIpc) is 3.34. The molecule has 0 aliphatic rings. The number of nitrogens with zero attached hydrogens (tertiary/aromatic N) is 1. The summed E-state index contributed by atoms with van der Waals surface area (Å²) in [6.45, 7) is 6.07. The summed E-state index contributed by atoms with van der Waals surface area (Å²) in [7, 11) is 0. The zero-order valence-corrected chi connectivity index (χ0v) is 23.6. The number of nitrogens with one attached hydrogen (secondary N) is 1. The topological polar surface area (TPSA) is 88.5 Å². The molecule has 0 aliphatic heterocycles. The van der Waals surface area contributed by atoms with Gasteiger partial charge in [-0.1, -0.05) is 62.0 Å². The summed E-state index contributed by atoms with van der Waals surface area (Å²) in [6.07, 6.45) is 4.71. The summed E-state index contributed by atoms with van der Waals surface area (Å²) >= 11 is 13.7. The zero-order chi connectivity index (χ0) is 27.8. The van der Waals surface area contributed by atoms with Gasteiger partial charge in [0.25, 0.3) is 5.91 Å². The van der Waals surface area contributed by atoms with E-state index in [2.05, 4.69) is 17.2 Å². The van der Waals surface area contributed by atoms with E-state index in [1.165, 1.54) is 25.1 Å². The van der Waals surface area contributed by atoms with Crippen molar-refractivity contribution in [1.82, 2.24) is 4.98 Å². The van der Waals surface area contributed by atoms with Gasteiger partial charge in [-0.25, -0.2) is 14.2 Å². The molecular weight excluding hydrogens is 550 g/mol. The molecule has 0 saturated carbocycles. The van der Waals surface area contributed by atoms with E-state index in [1.54, 1.807) is 23.6 Å². The number of hydrogen-bond donors (Lipinski definition) is 2. The van der Waals surface area contributed by atoms with E-state index in [9.17, 15) is 9.59 Å². The molecule has 1 atom stereocenters. The van der Waals surface area contributed by atoms with Crippen molar-refractivity contribution in [2.45, 2.75) is 52.6 Å². The van der Waals surface area contributed by atoms with Crippen LogP contribution in [0, 0.1) is 5.82 Å². The molecule has 0 saturated heterocycles. The van der Waals surface area contributed by atoms with Crippen molar-refractivity contribution in [3.05, 3.63) is 73.8 Å². The first-order chi connectivity index (χ1) is 18.2. The number of hydrogen-bond acceptors (Lipinski definition) is 5. The molecule has 0 fully saturated rings. The highest BCUT2D eigenvalue weighted by Crippen LogP contribution is 2.33. The quantitative estimate of drug-likeness (QED) is 0.166. The number of carboxylic acids is 1. The Labute approximate surface area is 235 Å². The van der Waals surface area contributed by atoms with E-state index < -0.39 is 17.7 Å². The Kier molecular flexibility index (Phi) is 10.8. The number of aliphatic carboxylic acids is 1. The first-order valence-corrected chi connectivity index (χ1v) is 13.9. The van der Waals surface area contributed by atoms with Crippen LogP contribution in [0.3, 0.4) is 0 Å². The summed E-state index contributed by atoms with van der Waals surface area (Å²) in [4.78, 5) is 28.4. The van der Waals surface area contributed by atoms with E-state index in [0.29, 0.717) is 35.4 Å². The lowest BCUT2D eigenvalue weighted by atomic mass is 10.0. The van der Waals surface area contributed by atoms with Crippen molar-refractivity contribution in [2.75, 3.05) is 11.9 Å². The number of anilines is 1. The number of carbonyl (C=O) groups is 2. The minimum Gasteiger partial charge on any atom is -0.478 e. The molecule has 0 aliphatic carbocycles. The number of thiazole rings is 1. The van der Waals surface area contributed by atoms with Gasteiger partial charge in [0.1, 0.15) is 5.82 Å². The molecule has 2 N–H and O–H groups in total. The molecule has 1 amide bonds. The third-order valence-electron chi connectivity index (χ3n) is 5.85. The second kappa shape index (κ2) is 13.8. The minimum absolute atomic E-state index is 0.0472. The summed E-state index contributed by atoms with van der Waals surface area (Å²) in [5, 5.41) is 14.0. The number of rotatable bonds is 12. The number of carboxylic acid groups (broad SMARTS) is 1. The van der Waals surface area contributed by atoms with Gasteiger partial charge in [-0.2, -0.15) is 0 Å². The SMILES string of the molecule is CCCCCOC(CC)c1cccc(-c2csc(NC(=O)c3cc(Cl)c(C=C(C)C(=O)O)c(Cl)c3)n2)c1F. The summed E-state index contributed by atoms with van der Waals surface area (Å²) < 4.78 is 21.5. The second-order valence-corrected chi connectivity index (χ2v) is 10.3. The van der Waals surface area contributed by atoms with Crippen molar-refractivity contribution in [3.63, 3.8) is 0 Å². The van der Waals surface area contributed by atoms with Crippen LogP contribution in [-0.4, -0.2) is 28.6 Å². The fourth-order valence-corrected chi connectivity index (χ4v) is 5.06. The first kappa shape index (κ1) is 29.8. The number of carbonyl (C=O) groups excluding carboxylic acids is 1. The molecular formula is C28H29Cl2FN2O4S. The fraction of sp³-hybridized carbons (Fsp3) is 0.321. The second-order valence-electron chi connectivity index (χ2n) is 8.66. The number of benzene rings is 2. The summed E-state index contributed by atoms with van der Waals surface area (Å²) in [6, 6.07) is 7.94. The minimum atomic E-state index is -1.11. The molecule has 6 nitrogen and oxygen atoms in total. The number of halogens is 3. The maximum absolute atomic E-state index is 15.5. The van der Waals surface area contributed by atoms with E-state index in [-0.39, 0.29) is 32.4 Å². The van der Waals surface area contributed by atoms with Crippen molar-refractivity contribution in [3.8, 4) is 11.3 Å². The Morgan fingerprint density at radius 1 is 1.21 bits per heavy atom. The lowest BCUT2D eigenvalue weighted by Gasteiger charge is -2.18. The van der Waals surface area contributed by atoms with E-state index in [4.69, 9.17) is 33.0 Å². The van der Waals surface area contributed by atoms with Gasteiger partial charge in [-0.3, -0.25) is 10.1 Å². The highest BCUT2D eigenvalue weighted by Gasteiger charge is 2.20. The Balaban J connectivity index is 1.78.